The molecule has 0 aromatic heterocycles. The third-order valence-corrected chi connectivity index (χ3v) is 6.67. The van der Waals surface area contributed by atoms with Crippen LogP contribution in [0.25, 0.3) is 10.8 Å². The fourth-order valence-electron chi connectivity index (χ4n) is 4.80. The number of fused-ring (bicyclic) bond motifs is 2. The van der Waals surface area contributed by atoms with Gasteiger partial charge < -0.3 is 14.9 Å². The van der Waals surface area contributed by atoms with Crippen molar-refractivity contribution in [2.75, 3.05) is 26.7 Å². The van der Waals surface area contributed by atoms with Gasteiger partial charge in [-0.1, -0.05) is 35.9 Å². The van der Waals surface area contributed by atoms with Crippen LogP contribution in [0.1, 0.15) is 29.6 Å². The first kappa shape index (κ1) is 18.3. The second kappa shape index (κ2) is 6.80. The average molecular weight is 387 g/mol. The van der Waals surface area contributed by atoms with Gasteiger partial charge in [0.25, 0.3) is 5.91 Å². The van der Waals surface area contributed by atoms with Crippen LogP contribution < -0.4 is 0 Å². The van der Waals surface area contributed by atoms with Crippen LogP contribution in [0.15, 0.2) is 36.4 Å². The van der Waals surface area contributed by atoms with Gasteiger partial charge in [-0.05, 0) is 50.4 Å². The zero-order chi connectivity index (χ0) is 19.2. The number of aliphatic carboxylic acids is 1. The molecule has 1 N–H and O–H groups in total. The number of carboxylic acid groups (broad SMARTS) is 1. The lowest BCUT2D eigenvalue weighted by Gasteiger charge is -2.51. The van der Waals surface area contributed by atoms with Gasteiger partial charge in [0.2, 0.25) is 0 Å². The minimum atomic E-state index is -0.744. The van der Waals surface area contributed by atoms with Gasteiger partial charge in [0, 0.05) is 35.1 Å². The fourth-order valence-corrected chi connectivity index (χ4v) is 5.04. The molecule has 0 bridgehead atoms. The number of rotatable bonds is 2. The SMILES string of the molecule is CN1CCC[C@]2(C(=O)O)CCN(C(=O)c3cccc4c(Cl)cccc34)C[C@@H]12. The number of hydrogen-bond acceptors (Lipinski definition) is 3. The Balaban J connectivity index is 1.67. The molecule has 4 rings (SSSR count). The number of carbonyl (C=O) groups excluding carboxylic acids is 1. The lowest BCUT2D eigenvalue weighted by Crippen LogP contribution is -2.63. The van der Waals surface area contributed by atoms with Crippen LogP contribution in [0, 0.1) is 5.41 Å². The maximum Gasteiger partial charge on any atom is 0.311 e. The van der Waals surface area contributed by atoms with Gasteiger partial charge in [0.15, 0.2) is 0 Å². The Morgan fingerprint density at radius 2 is 1.85 bits per heavy atom. The molecule has 0 radical (unpaired) electrons. The Morgan fingerprint density at radius 1 is 1.11 bits per heavy atom. The van der Waals surface area contributed by atoms with Gasteiger partial charge in [-0.3, -0.25) is 9.59 Å². The van der Waals surface area contributed by atoms with Crippen LogP contribution in [0.5, 0.6) is 0 Å². The number of amides is 1. The Hall–Kier alpha value is -2.11. The smallest absolute Gasteiger partial charge is 0.311 e. The maximum atomic E-state index is 13.3. The van der Waals surface area contributed by atoms with Gasteiger partial charge in [-0.25, -0.2) is 0 Å². The molecule has 27 heavy (non-hydrogen) atoms. The second-order valence-corrected chi connectivity index (χ2v) is 8.11. The summed E-state index contributed by atoms with van der Waals surface area (Å²) in [5, 5.41) is 12.2. The van der Waals surface area contributed by atoms with E-state index >= 15 is 0 Å². The summed E-state index contributed by atoms with van der Waals surface area (Å²) < 4.78 is 0. The molecule has 142 valence electrons. The first-order chi connectivity index (χ1) is 12.9. The Labute approximate surface area is 163 Å². The lowest BCUT2D eigenvalue weighted by atomic mass is 9.68. The van der Waals surface area contributed by atoms with E-state index in [4.69, 9.17) is 11.6 Å². The van der Waals surface area contributed by atoms with Gasteiger partial charge >= 0.3 is 5.97 Å². The molecule has 2 aliphatic rings. The summed E-state index contributed by atoms with van der Waals surface area (Å²) in [5.74, 6) is -0.788. The predicted molar refractivity (Wildman–Crippen MR) is 105 cm³/mol. The number of likely N-dealkylation sites (N-methyl/N-ethyl adjacent to an activating group) is 1. The van der Waals surface area contributed by atoms with E-state index in [9.17, 15) is 14.7 Å². The van der Waals surface area contributed by atoms with Gasteiger partial charge in [0.1, 0.15) is 0 Å². The summed E-state index contributed by atoms with van der Waals surface area (Å²) in [4.78, 5) is 29.3. The molecule has 2 atom stereocenters. The molecule has 6 heteroatoms. The first-order valence-electron chi connectivity index (χ1n) is 9.34. The molecule has 2 fully saturated rings. The predicted octanol–water partition coefficient (Wildman–Crippen LogP) is 3.50. The summed E-state index contributed by atoms with van der Waals surface area (Å²) in [5.41, 5.74) is -0.123. The van der Waals surface area contributed by atoms with Crippen molar-refractivity contribution in [2.24, 2.45) is 5.41 Å². The molecule has 2 aliphatic heterocycles. The van der Waals surface area contributed by atoms with E-state index in [2.05, 4.69) is 4.90 Å². The highest BCUT2D eigenvalue weighted by molar-refractivity contribution is 6.36. The number of likely N-dealkylation sites (tertiary alicyclic amines) is 2. The minimum Gasteiger partial charge on any atom is -0.481 e. The molecule has 2 aromatic rings. The Bertz CT molecular complexity index is 915. The van der Waals surface area contributed by atoms with Gasteiger partial charge in [-0.2, -0.15) is 0 Å². The number of piperidine rings is 2. The monoisotopic (exact) mass is 386 g/mol. The van der Waals surface area contributed by atoms with Crippen molar-refractivity contribution in [2.45, 2.75) is 25.3 Å². The zero-order valence-corrected chi connectivity index (χ0v) is 16.1. The van der Waals surface area contributed by atoms with E-state index in [0.29, 0.717) is 36.5 Å². The third kappa shape index (κ3) is 2.89. The zero-order valence-electron chi connectivity index (χ0n) is 15.3. The quantitative estimate of drug-likeness (QED) is 0.858. The molecule has 2 saturated heterocycles. The molecule has 2 heterocycles. The summed E-state index contributed by atoms with van der Waals surface area (Å²) in [6.45, 7) is 1.77. The molecule has 0 aliphatic carbocycles. The minimum absolute atomic E-state index is 0.0548. The highest BCUT2D eigenvalue weighted by Gasteiger charge is 2.52. The van der Waals surface area contributed by atoms with E-state index in [-0.39, 0.29) is 11.9 Å². The van der Waals surface area contributed by atoms with E-state index in [1.165, 1.54) is 0 Å². The molecular weight excluding hydrogens is 364 g/mol. The van der Waals surface area contributed by atoms with Crippen LogP contribution in [-0.2, 0) is 4.79 Å². The third-order valence-electron chi connectivity index (χ3n) is 6.34. The topological polar surface area (TPSA) is 60.9 Å². The molecule has 5 nitrogen and oxygen atoms in total. The molecular formula is C21H23ClN2O3. The maximum absolute atomic E-state index is 13.3. The number of halogens is 1. The summed E-state index contributed by atoms with van der Waals surface area (Å²) in [7, 11) is 1.97. The lowest BCUT2D eigenvalue weighted by molar-refractivity contribution is -0.161. The van der Waals surface area contributed by atoms with Crippen LogP contribution in [0.2, 0.25) is 5.02 Å². The van der Waals surface area contributed by atoms with Crippen LogP contribution in [0.4, 0.5) is 0 Å². The molecule has 2 aromatic carbocycles. The van der Waals surface area contributed by atoms with Crippen LogP contribution >= 0.6 is 11.6 Å². The van der Waals surface area contributed by atoms with Crippen LogP contribution in [0.3, 0.4) is 0 Å². The normalized spacial score (nSPS) is 26.0. The van der Waals surface area contributed by atoms with Crippen molar-refractivity contribution in [1.29, 1.82) is 0 Å². The van der Waals surface area contributed by atoms with Gasteiger partial charge in [0.05, 0.1) is 5.41 Å². The summed E-state index contributed by atoms with van der Waals surface area (Å²) in [6, 6.07) is 11.0. The number of benzene rings is 2. The summed E-state index contributed by atoms with van der Waals surface area (Å²) >= 11 is 6.29. The highest BCUT2D eigenvalue weighted by Crippen LogP contribution is 2.42. The number of hydrogen-bond donors (Lipinski definition) is 1. The van der Waals surface area contributed by atoms with E-state index in [1.54, 1.807) is 0 Å². The van der Waals surface area contributed by atoms with Crippen molar-refractivity contribution in [3.05, 3.63) is 47.0 Å². The first-order valence-corrected chi connectivity index (χ1v) is 9.72. The van der Waals surface area contributed by atoms with E-state index in [1.807, 2.05) is 48.3 Å². The largest absolute Gasteiger partial charge is 0.481 e. The molecule has 1 amide bonds. The van der Waals surface area contributed by atoms with Crippen molar-refractivity contribution in [3.63, 3.8) is 0 Å². The van der Waals surface area contributed by atoms with Crippen molar-refractivity contribution < 1.29 is 14.7 Å². The van der Waals surface area contributed by atoms with Crippen molar-refractivity contribution in [3.8, 4) is 0 Å². The Kier molecular flexibility index (Phi) is 4.60. The van der Waals surface area contributed by atoms with E-state index in [0.717, 1.165) is 23.7 Å². The Morgan fingerprint density at radius 3 is 2.63 bits per heavy atom. The van der Waals surface area contributed by atoms with Crippen molar-refractivity contribution >= 4 is 34.2 Å². The molecule has 0 saturated carbocycles. The number of nitrogens with zero attached hydrogens (tertiary/aromatic N) is 2. The molecule has 0 spiro atoms. The fraction of sp³-hybridized carbons (Fsp3) is 0.429. The number of carbonyl (C=O) groups is 2. The van der Waals surface area contributed by atoms with E-state index < -0.39 is 11.4 Å². The average Bonchev–Trinajstić information content (AvgIpc) is 2.67. The second-order valence-electron chi connectivity index (χ2n) is 7.70. The van der Waals surface area contributed by atoms with Crippen LogP contribution in [-0.4, -0.2) is 59.5 Å². The van der Waals surface area contributed by atoms with Crippen molar-refractivity contribution in [1.82, 2.24) is 9.80 Å². The highest BCUT2D eigenvalue weighted by atomic mass is 35.5. The molecule has 0 unspecified atom stereocenters. The van der Waals surface area contributed by atoms with Gasteiger partial charge in [-0.15, -0.1) is 0 Å². The summed E-state index contributed by atoms with van der Waals surface area (Å²) in [6.07, 6.45) is 2.06. The standard InChI is InChI=1S/C21H23ClN2O3/c1-23-11-4-9-21(20(26)27)10-12-24(13-18(21)23)19(25)16-7-2-6-15-14(16)5-3-8-17(15)22/h2-3,5-8,18H,4,9-13H2,1H3,(H,26,27)/t18-,21+/m1/s1. The number of carboxylic acids is 1.